The Morgan fingerprint density at radius 2 is 2.14 bits per heavy atom. The number of alkyl halides is 3. The van der Waals surface area contributed by atoms with Gasteiger partial charge >= 0.3 is 6.18 Å². The number of nitrogen functional groups attached to an aromatic ring is 1. The third-order valence-corrected chi connectivity index (χ3v) is 3.15. The van der Waals surface area contributed by atoms with Gasteiger partial charge in [0, 0.05) is 0 Å². The Morgan fingerprint density at radius 1 is 1.48 bits per heavy atom. The first kappa shape index (κ1) is 15.1. The summed E-state index contributed by atoms with van der Waals surface area (Å²) in [6.45, 7) is 1.45. The van der Waals surface area contributed by atoms with E-state index in [1.807, 2.05) is 0 Å². The van der Waals surface area contributed by atoms with Crippen molar-refractivity contribution in [3.8, 4) is 0 Å². The second kappa shape index (κ2) is 5.23. The molecule has 2 rings (SSSR count). The summed E-state index contributed by atoms with van der Waals surface area (Å²) in [5.41, 5.74) is 4.49. The Kier molecular flexibility index (Phi) is 3.75. The molecule has 9 heteroatoms. The van der Waals surface area contributed by atoms with Crippen LogP contribution in [-0.4, -0.2) is 29.4 Å². The molecule has 3 N–H and O–H groups in total. The number of nitrogens with one attached hydrogen (secondary N) is 1. The average Bonchev–Trinajstić information content (AvgIpc) is 2.37. The summed E-state index contributed by atoms with van der Waals surface area (Å²) >= 11 is 0. The van der Waals surface area contributed by atoms with Gasteiger partial charge in [-0.05, 0) is 12.5 Å². The fourth-order valence-corrected chi connectivity index (χ4v) is 2.18. The maximum absolute atomic E-state index is 12.7. The van der Waals surface area contributed by atoms with E-state index in [0.29, 0.717) is 6.42 Å². The molecule has 2 amide bonds. The Balaban J connectivity index is 2.48. The molecule has 6 nitrogen and oxygen atoms in total. The van der Waals surface area contributed by atoms with E-state index in [1.54, 1.807) is 6.92 Å². The van der Waals surface area contributed by atoms with Crippen LogP contribution in [-0.2, 0) is 15.8 Å². The van der Waals surface area contributed by atoms with E-state index in [4.69, 9.17) is 5.73 Å². The number of pyridine rings is 1. The standard InChI is InChI=1S/C12H13F3N4O2/c1-2-7-11(21)18-10(20)5-19(7)8-3-9(12(13,14)15)17-4-6(8)16/h3-4,7H,2,5,16H2,1H3,(H,18,20,21). The molecule has 0 saturated carbocycles. The van der Waals surface area contributed by atoms with Crippen LogP contribution in [0.15, 0.2) is 12.3 Å². The molecule has 0 radical (unpaired) electrons. The highest BCUT2D eigenvalue weighted by Crippen LogP contribution is 2.34. The van der Waals surface area contributed by atoms with Crippen LogP contribution >= 0.6 is 0 Å². The van der Waals surface area contributed by atoms with Crippen molar-refractivity contribution in [1.82, 2.24) is 10.3 Å². The lowest BCUT2D eigenvalue weighted by atomic mass is 10.1. The van der Waals surface area contributed by atoms with Crippen LogP contribution in [0.3, 0.4) is 0 Å². The Labute approximate surface area is 118 Å². The first-order chi connectivity index (χ1) is 9.74. The lowest BCUT2D eigenvalue weighted by molar-refractivity contribution is -0.141. The molecular weight excluding hydrogens is 289 g/mol. The first-order valence-electron chi connectivity index (χ1n) is 6.17. The van der Waals surface area contributed by atoms with Gasteiger partial charge in [0.1, 0.15) is 11.7 Å². The van der Waals surface area contributed by atoms with Crippen LogP contribution in [0.1, 0.15) is 19.0 Å². The zero-order chi connectivity index (χ0) is 15.8. The summed E-state index contributed by atoms with van der Waals surface area (Å²) in [7, 11) is 0. The minimum absolute atomic E-state index is 0.0209. The van der Waals surface area contributed by atoms with E-state index in [1.165, 1.54) is 4.90 Å². The first-order valence-corrected chi connectivity index (χ1v) is 6.17. The van der Waals surface area contributed by atoms with E-state index >= 15 is 0 Å². The molecule has 2 heterocycles. The molecule has 1 fully saturated rings. The van der Waals surface area contributed by atoms with E-state index in [2.05, 4.69) is 10.3 Å². The molecule has 1 unspecified atom stereocenters. The molecule has 0 spiro atoms. The number of carbonyl (C=O) groups excluding carboxylic acids is 2. The van der Waals surface area contributed by atoms with Gasteiger partial charge in [-0.25, -0.2) is 4.98 Å². The van der Waals surface area contributed by atoms with Gasteiger partial charge in [-0.3, -0.25) is 14.9 Å². The summed E-state index contributed by atoms with van der Waals surface area (Å²) < 4.78 is 38.2. The number of carbonyl (C=O) groups is 2. The fourth-order valence-electron chi connectivity index (χ4n) is 2.18. The number of halogens is 3. The highest BCUT2D eigenvalue weighted by atomic mass is 19.4. The Bertz CT molecular complexity index is 588. The van der Waals surface area contributed by atoms with Crippen LogP contribution in [0.5, 0.6) is 0 Å². The molecular formula is C12H13F3N4O2. The van der Waals surface area contributed by atoms with Gasteiger partial charge < -0.3 is 10.6 Å². The van der Waals surface area contributed by atoms with Gasteiger partial charge in [-0.15, -0.1) is 0 Å². The van der Waals surface area contributed by atoms with Crippen molar-refractivity contribution in [3.05, 3.63) is 18.0 Å². The molecule has 0 bridgehead atoms. The Hall–Kier alpha value is -2.32. The smallest absolute Gasteiger partial charge is 0.396 e. The van der Waals surface area contributed by atoms with Gasteiger partial charge in [-0.1, -0.05) is 6.92 Å². The van der Waals surface area contributed by atoms with Crippen molar-refractivity contribution < 1.29 is 22.8 Å². The third kappa shape index (κ3) is 2.91. The summed E-state index contributed by atoms with van der Waals surface area (Å²) in [6.07, 6.45) is -3.43. The SMILES string of the molecule is CCC1C(=O)NC(=O)CN1c1cc(C(F)(F)F)ncc1N. The molecule has 114 valence electrons. The highest BCUT2D eigenvalue weighted by Gasteiger charge is 2.37. The van der Waals surface area contributed by atoms with E-state index < -0.39 is 29.7 Å². The molecule has 1 atom stereocenters. The van der Waals surface area contributed by atoms with Crippen molar-refractivity contribution in [2.75, 3.05) is 17.2 Å². The molecule has 21 heavy (non-hydrogen) atoms. The molecule has 1 aliphatic heterocycles. The number of nitrogens with two attached hydrogens (primary N) is 1. The summed E-state index contributed by atoms with van der Waals surface area (Å²) in [6, 6.07) is -0.00219. The molecule has 0 aliphatic carbocycles. The average molecular weight is 302 g/mol. The third-order valence-electron chi connectivity index (χ3n) is 3.15. The maximum Gasteiger partial charge on any atom is 0.433 e. The predicted molar refractivity (Wildman–Crippen MR) is 68.2 cm³/mol. The quantitative estimate of drug-likeness (QED) is 0.793. The maximum atomic E-state index is 12.7. The van der Waals surface area contributed by atoms with E-state index in [-0.39, 0.29) is 17.9 Å². The zero-order valence-corrected chi connectivity index (χ0v) is 11.1. The number of imide groups is 1. The van der Waals surface area contributed by atoms with Crippen LogP contribution < -0.4 is 16.0 Å². The number of anilines is 2. The molecule has 1 saturated heterocycles. The fraction of sp³-hybridized carbons (Fsp3) is 0.417. The summed E-state index contributed by atoms with van der Waals surface area (Å²) in [4.78, 5) is 27.7. The number of hydrogen-bond donors (Lipinski definition) is 2. The lowest BCUT2D eigenvalue weighted by Gasteiger charge is -2.35. The number of nitrogens with zero attached hydrogens (tertiary/aromatic N) is 2. The lowest BCUT2D eigenvalue weighted by Crippen LogP contribution is -2.58. The monoisotopic (exact) mass is 302 g/mol. The number of hydrogen-bond acceptors (Lipinski definition) is 5. The molecule has 1 aromatic heterocycles. The van der Waals surface area contributed by atoms with Gasteiger partial charge in [0.15, 0.2) is 0 Å². The van der Waals surface area contributed by atoms with Crippen LogP contribution in [0.4, 0.5) is 24.5 Å². The second-order valence-electron chi connectivity index (χ2n) is 4.59. The van der Waals surface area contributed by atoms with Crippen LogP contribution in [0.2, 0.25) is 0 Å². The summed E-state index contributed by atoms with van der Waals surface area (Å²) in [5, 5.41) is 2.15. The number of aromatic nitrogens is 1. The highest BCUT2D eigenvalue weighted by molar-refractivity contribution is 6.05. The van der Waals surface area contributed by atoms with E-state index in [0.717, 1.165) is 12.3 Å². The van der Waals surface area contributed by atoms with Crippen molar-refractivity contribution >= 4 is 23.2 Å². The molecule has 0 aromatic carbocycles. The van der Waals surface area contributed by atoms with Crippen molar-refractivity contribution in [3.63, 3.8) is 0 Å². The van der Waals surface area contributed by atoms with Crippen molar-refractivity contribution in [2.24, 2.45) is 0 Å². The second-order valence-corrected chi connectivity index (χ2v) is 4.59. The molecule has 1 aliphatic rings. The topological polar surface area (TPSA) is 88.3 Å². The normalized spacial score (nSPS) is 19.6. The molecule has 1 aromatic rings. The Morgan fingerprint density at radius 3 is 2.71 bits per heavy atom. The van der Waals surface area contributed by atoms with Gasteiger partial charge in [0.25, 0.3) is 0 Å². The van der Waals surface area contributed by atoms with Gasteiger partial charge in [0.05, 0.1) is 24.1 Å². The van der Waals surface area contributed by atoms with Gasteiger partial charge in [-0.2, -0.15) is 13.2 Å². The van der Waals surface area contributed by atoms with Crippen molar-refractivity contribution in [2.45, 2.75) is 25.6 Å². The van der Waals surface area contributed by atoms with E-state index in [9.17, 15) is 22.8 Å². The van der Waals surface area contributed by atoms with Crippen LogP contribution in [0.25, 0.3) is 0 Å². The minimum atomic E-state index is -4.63. The predicted octanol–water partition coefficient (Wildman–Crippen LogP) is 0.924. The van der Waals surface area contributed by atoms with Crippen LogP contribution in [0, 0.1) is 0 Å². The number of amides is 2. The minimum Gasteiger partial charge on any atom is -0.396 e. The number of piperazine rings is 1. The van der Waals surface area contributed by atoms with Crippen molar-refractivity contribution in [1.29, 1.82) is 0 Å². The zero-order valence-electron chi connectivity index (χ0n) is 11.1. The number of rotatable bonds is 2. The largest absolute Gasteiger partial charge is 0.433 e. The van der Waals surface area contributed by atoms with Gasteiger partial charge in [0.2, 0.25) is 11.8 Å². The summed E-state index contributed by atoms with van der Waals surface area (Å²) in [5.74, 6) is -1.15.